The summed E-state index contributed by atoms with van der Waals surface area (Å²) in [7, 11) is 1.57. The molecule has 1 aliphatic rings. The Morgan fingerprint density at radius 3 is 2.57 bits per heavy atom. The number of benzene rings is 3. The van der Waals surface area contributed by atoms with Crippen LogP contribution in [0.25, 0.3) is 0 Å². The molecule has 3 aromatic carbocycles. The number of rotatable bonds is 9. The third-order valence-electron chi connectivity index (χ3n) is 6.16. The van der Waals surface area contributed by atoms with Gasteiger partial charge in [-0.2, -0.15) is 0 Å². The molecule has 0 bridgehead atoms. The highest BCUT2D eigenvalue weighted by Crippen LogP contribution is 2.38. The monoisotopic (exact) mass is 493 g/mol. The van der Waals surface area contributed by atoms with E-state index >= 15 is 0 Å². The summed E-state index contributed by atoms with van der Waals surface area (Å²) >= 11 is 6.01. The maximum absolute atomic E-state index is 13.5. The molecule has 1 amide bonds. The first kappa shape index (κ1) is 24.6. The normalized spacial score (nSPS) is 16.3. The van der Waals surface area contributed by atoms with Crippen LogP contribution in [0.2, 0.25) is 5.02 Å². The second kappa shape index (κ2) is 10.4. The van der Waals surface area contributed by atoms with Gasteiger partial charge in [-0.25, -0.2) is 0 Å². The third-order valence-corrected chi connectivity index (χ3v) is 6.41. The van der Waals surface area contributed by atoms with E-state index in [2.05, 4.69) is 6.92 Å². The van der Waals surface area contributed by atoms with Crippen molar-refractivity contribution < 1.29 is 24.2 Å². The lowest BCUT2D eigenvalue weighted by atomic mass is 9.91. The van der Waals surface area contributed by atoms with Gasteiger partial charge < -0.3 is 19.5 Å². The van der Waals surface area contributed by atoms with Gasteiger partial charge in [0.2, 0.25) is 0 Å². The summed E-state index contributed by atoms with van der Waals surface area (Å²) < 4.78 is 11.7. The molecular weight excluding hydrogens is 466 g/mol. The van der Waals surface area contributed by atoms with Gasteiger partial charge in [0.15, 0.2) is 0 Å². The quantitative estimate of drug-likeness (QED) is 0.432. The number of hydrogen-bond donors (Lipinski definition) is 1. The molecule has 35 heavy (non-hydrogen) atoms. The molecule has 6 nitrogen and oxygen atoms in total. The Morgan fingerprint density at radius 1 is 1.11 bits per heavy atom. The number of amides is 1. The van der Waals surface area contributed by atoms with Gasteiger partial charge >= 0.3 is 5.97 Å². The van der Waals surface area contributed by atoms with Crippen molar-refractivity contribution in [2.24, 2.45) is 0 Å². The summed E-state index contributed by atoms with van der Waals surface area (Å²) in [6, 6.07) is 20.6. The number of carbonyl (C=O) groups excluding carboxylic acids is 1. The standard InChI is InChI=1S/C28H28ClNO5/c1-28(16-19-7-10-23(29)11-8-19)17-22-15-20(9-12-25(22)35-28)27(33)30(14-13-26(31)32)18-21-5-3-4-6-24(21)34-2/h3-12,15H,13-14,16-18H2,1-2H3,(H,31,32)/t28-/m0/s1. The van der Waals surface area contributed by atoms with Crippen LogP contribution >= 0.6 is 11.6 Å². The minimum absolute atomic E-state index is 0.0914. The maximum atomic E-state index is 13.5. The average molecular weight is 494 g/mol. The highest BCUT2D eigenvalue weighted by Gasteiger charge is 2.35. The van der Waals surface area contributed by atoms with E-state index in [1.54, 1.807) is 18.1 Å². The first-order chi connectivity index (χ1) is 16.8. The molecule has 3 aromatic rings. The zero-order valence-corrected chi connectivity index (χ0v) is 20.5. The minimum Gasteiger partial charge on any atom is -0.496 e. The molecule has 0 saturated carbocycles. The van der Waals surface area contributed by atoms with Gasteiger partial charge in [-0.1, -0.05) is 41.9 Å². The predicted octanol–water partition coefficient (Wildman–Crippen LogP) is 5.40. The number of carboxylic acid groups (broad SMARTS) is 1. The Hall–Kier alpha value is -3.51. The SMILES string of the molecule is COc1ccccc1CN(CCC(=O)O)C(=O)c1ccc2c(c1)C[C@](C)(Cc1ccc(Cl)cc1)O2. The molecule has 1 aliphatic heterocycles. The Labute approximate surface area is 210 Å². The molecule has 0 aromatic heterocycles. The zero-order chi connectivity index (χ0) is 25.0. The second-order valence-electron chi connectivity index (χ2n) is 9.04. The van der Waals surface area contributed by atoms with Crippen LogP contribution in [0.5, 0.6) is 11.5 Å². The topological polar surface area (TPSA) is 76.1 Å². The Balaban J connectivity index is 1.54. The lowest BCUT2D eigenvalue weighted by Crippen LogP contribution is -2.33. The van der Waals surface area contributed by atoms with Crippen molar-refractivity contribution in [1.82, 2.24) is 4.90 Å². The van der Waals surface area contributed by atoms with E-state index < -0.39 is 11.6 Å². The van der Waals surface area contributed by atoms with Crippen LogP contribution in [-0.2, 0) is 24.2 Å². The van der Waals surface area contributed by atoms with Gasteiger partial charge in [0.25, 0.3) is 5.91 Å². The number of aliphatic carboxylic acids is 1. The van der Waals surface area contributed by atoms with Crippen LogP contribution in [0.3, 0.4) is 0 Å². The first-order valence-electron chi connectivity index (χ1n) is 11.5. The molecule has 182 valence electrons. The summed E-state index contributed by atoms with van der Waals surface area (Å²) in [5, 5.41) is 9.91. The van der Waals surface area contributed by atoms with Crippen molar-refractivity contribution in [3.8, 4) is 11.5 Å². The van der Waals surface area contributed by atoms with E-state index in [0.29, 0.717) is 29.2 Å². The number of halogens is 1. The molecule has 1 heterocycles. The van der Waals surface area contributed by atoms with Crippen LogP contribution in [-0.4, -0.2) is 41.1 Å². The Morgan fingerprint density at radius 2 is 1.86 bits per heavy atom. The van der Waals surface area contributed by atoms with E-state index in [4.69, 9.17) is 21.1 Å². The zero-order valence-electron chi connectivity index (χ0n) is 19.8. The number of hydrogen-bond acceptors (Lipinski definition) is 4. The fraction of sp³-hybridized carbons (Fsp3) is 0.286. The highest BCUT2D eigenvalue weighted by molar-refractivity contribution is 6.30. The summed E-state index contributed by atoms with van der Waals surface area (Å²) in [6.07, 6.45) is 1.22. The Kier molecular flexibility index (Phi) is 7.31. The lowest BCUT2D eigenvalue weighted by Gasteiger charge is -2.24. The molecule has 0 unspecified atom stereocenters. The van der Waals surface area contributed by atoms with Crippen LogP contribution in [0.15, 0.2) is 66.7 Å². The fourth-order valence-electron chi connectivity index (χ4n) is 4.49. The van der Waals surface area contributed by atoms with Crippen molar-refractivity contribution in [1.29, 1.82) is 0 Å². The second-order valence-corrected chi connectivity index (χ2v) is 9.47. The molecule has 7 heteroatoms. The lowest BCUT2D eigenvalue weighted by molar-refractivity contribution is -0.137. The van der Waals surface area contributed by atoms with E-state index in [0.717, 1.165) is 22.4 Å². The van der Waals surface area contributed by atoms with Crippen molar-refractivity contribution >= 4 is 23.5 Å². The van der Waals surface area contributed by atoms with Crippen LogP contribution < -0.4 is 9.47 Å². The summed E-state index contributed by atoms with van der Waals surface area (Å²) in [5.41, 5.74) is 2.97. The number of carboxylic acids is 1. The minimum atomic E-state index is -0.955. The summed E-state index contributed by atoms with van der Waals surface area (Å²) in [6.45, 7) is 2.40. The Bertz CT molecular complexity index is 1230. The molecular formula is C28H28ClNO5. The van der Waals surface area contributed by atoms with E-state index in [-0.39, 0.29) is 25.4 Å². The summed E-state index contributed by atoms with van der Waals surface area (Å²) in [5.74, 6) is 0.232. The van der Waals surface area contributed by atoms with Gasteiger partial charge in [-0.3, -0.25) is 9.59 Å². The van der Waals surface area contributed by atoms with Crippen molar-refractivity contribution in [3.63, 3.8) is 0 Å². The molecule has 0 radical (unpaired) electrons. The summed E-state index contributed by atoms with van der Waals surface area (Å²) in [4.78, 5) is 26.3. The highest BCUT2D eigenvalue weighted by atomic mass is 35.5. The van der Waals surface area contributed by atoms with Crippen molar-refractivity contribution in [2.45, 2.75) is 38.3 Å². The van der Waals surface area contributed by atoms with Gasteiger partial charge in [0.1, 0.15) is 17.1 Å². The van der Waals surface area contributed by atoms with E-state index in [9.17, 15) is 14.7 Å². The molecule has 0 aliphatic carbocycles. The molecule has 1 atom stereocenters. The van der Waals surface area contributed by atoms with Crippen molar-refractivity contribution in [2.75, 3.05) is 13.7 Å². The van der Waals surface area contributed by atoms with Crippen molar-refractivity contribution in [3.05, 3.63) is 94.0 Å². The third kappa shape index (κ3) is 5.95. The molecule has 0 saturated heterocycles. The molecule has 0 fully saturated rings. The van der Waals surface area contributed by atoms with E-state index in [1.807, 2.05) is 60.7 Å². The predicted molar refractivity (Wildman–Crippen MR) is 134 cm³/mol. The largest absolute Gasteiger partial charge is 0.496 e. The number of nitrogens with zero attached hydrogens (tertiary/aromatic N) is 1. The van der Waals surface area contributed by atoms with Gasteiger partial charge in [-0.15, -0.1) is 0 Å². The number of methoxy groups -OCH3 is 1. The van der Waals surface area contributed by atoms with Gasteiger partial charge in [-0.05, 0) is 54.4 Å². The van der Waals surface area contributed by atoms with Gasteiger partial charge in [0.05, 0.1) is 13.5 Å². The number of ether oxygens (including phenoxy) is 2. The van der Waals surface area contributed by atoms with Crippen LogP contribution in [0.1, 0.15) is 40.4 Å². The molecule has 4 rings (SSSR count). The number of fused-ring (bicyclic) bond motifs is 1. The van der Waals surface area contributed by atoms with E-state index in [1.165, 1.54) is 0 Å². The smallest absolute Gasteiger partial charge is 0.305 e. The first-order valence-corrected chi connectivity index (χ1v) is 11.8. The van der Waals surface area contributed by atoms with Gasteiger partial charge in [0, 0.05) is 42.1 Å². The number of carbonyl (C=O) groups is 2. The maximum Gasteiger partial charge on any atom is 0.305 e. The fourth-order valence-corrected chi connectivity index (χ4v) is 4.62. The van der Waals surface area contributed by atoms with Crippen LogP contribution in [0.4, 0.5) is 0 Å². The average Bonchev–Trinajstić information content (AvgIpc) is 3.17. The number of para-hydroxylation sites is 1. The molecule has 1 N–H and O–H groups in total. The molecule has 0 spiro atoms. The van der Waals surface area contributed by atoms with Crippen LogP contribution in [0, 0.1) is 0 Å².